The zero-order chi connectivity index (χ0) is 23.8. The van der Waals surface area contributed by atoms with Gasteiger partial charge in [-0.2, -0.15) is 13.2 Å². The summed E-state index contributed by atoms with van der Waals surface area (Å²) in [6, 6.07) is 14.9. The van der Waals surface area contributed by atoms with Crippen LogP contribution in [0.4, 0.5) is 18.9 Å². The molecule has 0 aliphatic heterocycles. The van der Waals surface area contributed by atoms with Crippen LogP contribution in [0.25, 0.3) is 0 Å². The number of hydrogen-bond donors (Lipinski definition) is 2. The molecule has 2 N–H and O–H groups in total. The first kappa shape index (κ1) is 23.6. The lowest BCUT2D eigenvalue weighted by Gasteiger charge is -2.18. The zero-order valence-corrected chi connectivity index (χ0v) is 17.1. The van der Waals surface area contributed by atoms with Gasteiger partial charge in [-0.1, -0.05) is 42.5 Å². The van der Waals surface area contributed by atoms with Crippen molar-refractivity contribution in [3.63, 3.8) is 0 Å². The molecule has 2 aromatic carbocycles. The second-order valence-corrected chi connectivity index (χ2v) is 6.89. The summed E-state index contributed by atoms with van der Waals surface area (Å²) in [7, 11) is 0. The molecule has 7 nitrogen and oxygen atoms in total. The van der Waals surface area contributed by atoms with Crippen LogP contribution in [0.1, 0.15) is 21.7 Å². The predicted octanol–water partition coefficient (Wildman–Crippen LogP) is 3.82. The van der Waals surface area contributed by atoms with E-state index in [9.17, 15) is 27.6 Å². The summed E-state index contributed by atoms with van der Waals surface area (Å²) in [5, 5.41) is 4.57. The number of anilines is 1. The standard InChI is InChI=1S/C23H19F3N2O5/c24-23(25,26)16-9-4-5-10-17(16)27-20(29)14-33-22(31)18(13-15-7-2-1-3-8-15)28-21(30)19-11-6-12-32-19/h1-12,18H,13-14H2,(H,27,29)(H,28,30)/t18-/m1/s1. The highest BCUT2D eigenvalue weighted by Gasteiger charge is 2.33. The molecule has 0 saturated carbocycles. The number of esters is 1. The number of para-hydroxylation sites is 1. The Balaban J connectivity index is 1.65. The second kappa shape index (κ2) is 10.5. The fourth-order valence-electron chi connectivity index (χ4n) is 2.94. The molecule has 0 unspecified atom stereocenters. The number of halogens is 3. The van der Waals surface area contributed by atoms with Gasteiger partial charge in [-0.3, -0.25) is 9.59 Å². The largest absolute Gasteiger partial charge is 0.459 e. The number of ether oxygens (including phenoxy) is 1. The van der Waals surface area contributed by atoms with Crippen LogP contribution in [-0.4, -0.2) is 30.4 Å². The molecule has 172 valence electrons. The van der Waals surface area contributed by atoms with E-state index >= 15 is 0 Å². The van der Waals surface area contributed by atoms with Crippen molar-refractivity contribution in [3.05, 3.63) is 89.9 Å². The molecule has 3 aromatic rings. The molecule has 0 fully saturated rings. The van der Waals surface area contributed by atoms with Gasteiger partial charge in [-0.05, 0) is 29.8 Å². The van der Waals surface area contributed by atoms with Crippen molar-refractivity contribution >= 4 is 23.5 Å². The fraction of sp³-hybridized carbons (Fsp3) is 0.174. The molecule has 2 amide bonds. The molecule has 0 aliphatic rings. The van der Waals surface area contributed by atoms with E-state index in [0.717, 1.165) is 12.1 Å². The monoisotopic (exact) mass is 460 g/mol. The Morgan fingerprint density at radius 1 is 0.939 bits per heavy atom. The Morgan fingerprint density at radius 3 is 2.30 bits per heavy atom. The maximum Gasteiger partial charge on any atom is 0.418 e. The zero-order valence-electron chi connectivity index (χ0n) is 17.1. The summed E-state index contributed by atoms with van der Waals surface area (Å²) in [4.78, 5) is 37.1. The van der Waals surface area contributed by atoms with Gasteiger partial charge in [0.05, 0.1) is 17.5 Å². The van der Waals surface area contributed by atoms with E-state index in [1.54, 1.807) is 30.3 Å². The molecular formula is C23H19F3N2O5. The maximum absolute atomic E-state index is 13.1. The van der Waals surface area contributed by atoms with Crippen LogP contribution in [0, 0.1) is 0 Å². The highest BCUT2D eigenvalue weighted by molar-refractivity contribution is 5.96. The second-order valence-electron chi connectivity index (χ2n) is 6.89. The normalized spacial score (nSPS) is 12.0. The van der Waals surface area contributed by atoms with Gasteiger partial charge >= 0.3 is 12.1 Å². The number of carbonyl (C=O) groups excluding carboxylic acids is 3. The summed E-state index contributed by atoms with van der Waals surface area (Å²) in [5.41, 5.74) is -0.780. The van der Waals surface area contributed by atoms with Crippen LogP contribution in [0.2, 0.25) is 0 Å². The predicted molar refractivity (Wildman–Crippen MR) is 111 cm³/mol. The third kappa shape index (κ3) is 6.70. The van der Waals surface area contributed by atoms with Gasteiger partial charge in [0.15, 0.2) is 12.4 Å². The highest BCUT2D eigenvalue weighted by Crippen LogP contribution is 2.34. The van der Waals surface area contributed by atoms with Crippen molar-refractivity contribution in [1.82, 2.24) is 5.32 Å². The number of alkyl halides is 3. The van der Waals surface area contributed by atoms with Crippen LogP contribution in [0.15, 0.2) is 77.4 Å². The molecule has 0 spiro atoms. The van der Waals surface area contributed by atoms with E-state index in [0.29, 0.717) is 5.56 Å². The molecule has 1 aromatic heterocycles. The van der Waals surface area contributed by atoms with Gasteiger partial charge in [0, 0.05) is 6.42 Å². The Hall–Kier alpha value is -4.08. The van der Waals surface area contributed by atoms with Gasteiger partial charge in [0.1, 0.15) is 6.04 Å². The number of rotatable bonds is 8. The van der Waals surface area contributed by atoms with E-state index in [1.807, 2.05) is 0 Å². The van der Waals surface area contributed by atoms with E-state index in [-0.39, 0.29) is 12.2 Å². The average molecular weight is 460 g/mol. The number of hydrogen-bond acceptors (Lipinski definition) is 5. The number of amides is 2. The van der Waals surface area contributed by atoms with Crippen molar-refractivity contribution in [3.8, 4) is 0 Å². The minimum atomic E-state index is -4.67. The Bertz CT molecular complexity index is 1100. The van der Waals surface area contributed by atoms with E-state index < -0.39 is 47.9 Å². The Morgan fingerprint density at radius 2 is 1.64 bits per heavy atom. The van der Waals surface area contributed by atoms with Crippen molar-refractivity contribution < 1.29 is 36.7 Å². The summed E-state index contributed by atoms with van der Waals surface area (Å²) >= 11 is 0. The summed E-state index contributed by atoms with van der Waals surface area (Å²) < 4.78 is 49.2. The lowest BCUT2D eigenvalue weighted by atomic mass is 10.1. The minimum absolute atomic E-state index is 0.0256. The van der Waals surface area contributed by atoms with E-state index in [4.69, 9.17) is 9.15 Å². The Kier molecular flexibility index (Phi) is 7.50. The molecule has 1 atom stereocenters. The molecular weight excluding hydrogens is 441 g/mol. The lowest BCUT2D eigenvalue weighted by molar-refractivity contribution is -0.149. The first-order valence-electron chi connectivity index (χ1n) is 9.75. The molecule has 0 aliphatic carbocycles. The van der Waals surface area contributed by atoms with Gasteiger partial charge < -0.3 is 19.8 Å². The number of carbonyl (C=O) groups is 3. The third-order valence-electron chi connectivity index (χ3n) is 4.47. The molecule has 0 bridgehead atoms. The number of nitrogens with one attached hydrogen (secondary N) is 2. The van der Waals surface area contributed by atoms with Crippen LogP contribution in [-0.2, 0) is 26.9 Å². The topological polar surface area (TPSA) is 97.6 Å². The summed E-state index contributed by atoms with van der Waals surface area (Å²) in [5.74, 6) is -2.59. The number of benzene rings is 2. The SMILES string of the molecule is O=C(COC(=O)[C@@H](Cc1ccccc1)NC(=O)c1ccco1)Nc1ccccc1C(F)(F)F. The van der Waals surface area contributed by atoms with Crippen LogP contribution in [0.5, 0.6) is 0 Å². The van der Waals surface area contributed by atoms with Crippen LogP contribution in [0.3, 0.4) is 0 Å². The van der Waals surface area contributed by atoms with Gasteiger partial charge in [0.2, 0.25) is 0 Å². The maximum atomic E-state index is 13.1. The van der Waals surface area contributed by atoms with Gasteiger partial charge in [0.25, 0.3) is 11.8 Å². The Labute approximate surface area is 186 Å². The first-order valence-corrected chi connectivity index (χ1v) is 9.75. The molecule has 0 saturated heterocycles. The molecule has 33 heavy (non-hydrogen) atoms. The molecule has 0 radical (unpaired) electrons. The van der Waals surface area contributed by atoms with Crippen LogP contribution < -0.4 is 10.6 Å². The van der Waals surface area contributed by atoms with Crippen molar-refractivity contribution in [2.45, 2.75) is 18.6 Å². The summed E-state index contributed by atoms with van der Waals surface area (Å²) in [6.45, 7) is -0.840. The first-order chi connectivity index (χ1) is 15.7. The average Bonchev–Trinajstić information content (AvgIpc) is 3.32. The molecule has 10 heteroatoms. The van der Waals surface area contributed by atoms with Crippen molar-refractivity contribution in [1.29, 1.82) is 0 Å². The smallest absolute Gasteiger partial charge is 0.418 e. The van der Waals surface area contributed by atoms with E-state index in [2.05, 4.69) is 10.6 Å². The quantitative estimate of drug-likeness (QED) is 0.498. The van der Waals surface area contributed by atoms with Crippen molar-refractivity contribution in [2.24, 2.45) is 0 Å². The van der Waals surface area contributed by atoms with Gasteiger partial charge in [-0.15, -0.1) is 0 Å². The minimum Gasteiger partial charge on any atom is -0.459 e. The van der Waals surface area contributed by atoms with Crippen molar-refractivity contribution in [2.75, 3.05) is 11.9 Å². The van der Waals surface area contributed by atoms with Gasteiger partial charge in [-0.25, -0.2) is 4.79 Å². The lowest BCUT2D eigenvalue weighted by Crippen LogP contribution is -2.44. The fourth-order valence-corrected chi connectivity index (χ4v) is 2.94. The summed E-state index contributed by atoms with van der Waals surface area (Å²) in [6.07, 6.45) is -3.31. The molecule has 1 heterocycles. The van der Waals surface area contributed by atoms with Crippen LogP contribution >= 0.6 is 0 Å². The number of furan rings is 1. The highest BCUT2D eigenvalue weighted by atomic mass is 19.4. The third-order valence-corrected chi connectivity index (χ3v) is 4.47. The van der Waals surface area contributed by atoms with E-state index in [1.165, 1.54) is 30.5 Å². The molecule has 3 rings (SSSR count).